The lowest BCUT2D eigenvalue weighted by Gasteiger charge is -2.22. The van der Waals surface area contributed by atoms with Crippen molar-refractivity contribution in [3.8, 4) is 0 Å². The number of imide groups is 1. The van der Waals surface area contributed by atoms with Gasteiger partial charge < -0.3 is 5.32 Å². The fourth-order valence-electron chi connectivity index (χ4n) is 3.41. The van der Waals surface area contributed by atoms with Crippen LogP contribution >= 0.6 is 0 Å². The predicted molar refractivity (Wildman–Crippen MR) is 104 cm³/mol. The molecular formula is C22H24N2O3. The van der Waals surface area contributed by atoms with E-state index >= 15 is 0 Å². The Morgan fingerprint density at radius 1 is 0.963 bits per heavy atom. The summed E-state index contributed by atoms with van der Waals surface area (Å²) in [6.45, 7) is 9.15. The van der Waals surface area contributed by atoms with Crippen LogP contribution in [0.1, 0.15) is 45.1 Å². The number of hydrogen-bond donors (Lipinski definition) is 1. The Kier molecular flexibility index (Phi) is 4.64. The smallest absolute Gasteiger partial charge is 0.319 e. The van der Waals surface area contributed by atoms with Gasteiger partial charge in [-0.15, -0.1) is 0 Å². The van der Waals surface area contributed by atoms with E-state index in [0.717, 1.165) is 27.2 Å². The lowest BCUT2D eigenvalue weighted by molar-refractivity contribution is -0.130. The van der Waals surface area contributed by atoms with E-state index in [1.54, 1.807) is 6.92 Å². The molecule has 140 valence electrons. The van der Waals surface area contributed by atoms with Crippen LogP contribution in [-0.4, -0.2) is 29.2 Å². The van der Waals surface area contributed by atoms with Gasteiger partial charge in [0.25, 0.3) is 5.91 Å². The van der Waals surface area contributed by atoms with Crippen LogP contribution in [-0.2, 0) is 10.3 Å². The van der Waals surface area contributed by atoms with Crippen molar-refractivity contribution in [3.63, 3.8) is 0 Å². The molecule has 0 unspecified atom stereocenters. The zero-order valence-corrected chi connectivity index (χ0v) is 16.3. The molecule has 0 saturated carbocycles. The Hall–Kier alpha value is -2.95. The lowest BCUT2D eigenvalue weighted by atomic mass is 9.91. The van der Waals surface area contributed by atoms with Crippen LogP contribution in [0.15, 0.2) is 36.4 Å². The molecule has 1 N–H and O–H groups in total. The molecule has 27 heavy (non-hydrogen) atoms. The molecule has 1 aliphatic heterocycles. The van der Waals surface area contributed by atoms with Gasteiger partial charge in [-0.2, -0.15) is 0 Å². The van der Waals surface area contributed by atoms with Crippen molar-refractivity contribution in [1.29, 1.82) is 0 Å². The Morgan fingerprint density at radius 3 is 2.19 bits per heavy atom. The van der Waals surface area contributed by atoms with Crippen molar-refractivity contribution in [2.45, 2.75) is 40.2 Å². The van der Waals surface area contributed by atoms with Crippen LogP contribution < -0.4 is 5.32 Å². The SMILES string of the molecule is Cc1ccc([C@]2(C)NC(=O)N(CC(=O)c3cc(C)c(C)cc3C)C2=O)cc1. The molecule has 3 rings (SSSR count). The first-order chi connectivity index (χ1) is 12.6. The van der Waals surface area contributed by atoms with Gasteiger partial charge in [-0.05, 0) is 62.9 Å². The number of rotatable bonds is 4. The van der Waals surface area contributed by atoms with Crippen molar-refractivity contribution in [2.24, 2.45) is 0 Å². The van der Waals surface area contributed by atoms with E-state index in [2.05, 4.69) is 5.32 Å². The lowest BCUT2D eigenvalue weighted by Crippen LogP contribution is -2.41. The minimum absolute atomic E-state index is 0.243. The van der Waals surface area contributed by atoms with Gasteiger partial charge in [0, 0.05) is 5.56 Å². The molecule has 0 radical (unpaired) electrons. The Bertz CT molecular complexity index is 947. The minimum Gasteiger partial charge on any atom is -0.319 e. The predicted octanol–water partition coefficient (Wildman–Crippen LogP) is 3.57. The molecule has 1 atom stereocenters. The zero-order valence-electron chi connectivity index (χ0n) is 16.3. The number of Topliss-reactive ketones (excluding diaryl/α,β-unsaturated/α-hetero) is 1. The number of nitrogens with zero attached hydrogens (tertiary/aromatic N) is 1. The number of urea groups is 1. The average molecular weight is 364 g/mol. The summed E-state index contributed by atoms with van der Waals surface area (Å²) in [4.78, 5) is 39.2. The number of hydrogen-bond acceptors (Lipinski definition) is 3. The topological polar surface area (TPSA) is 66.5 Å². The van der Waals surface area contributed by atoms with Gasteiger partial charge >= 0.3 is 6.03 Å². The van der Waals surface area contributed by atoms with E-state index in [-0.39, 0.29) is 12.3 Å². The molecule has 2 aromatic carbocycles. The van der Waals surface area contributed by atoms with Gasteiger partial charge in [-0.3, -0.25) is 14.5 Å². The maximum atomic E-state index is 13.0. The van der Waals surface area contributed by atoms with Crippen molar-refractivity contribution >= 4 is 17.7 Å². The molecule has 5 heteroatoms. The number of aryl methyl sites for hydroxylation is 4. The highest BCUT2D eigenvalue weighted by Crippen LogP contribution is 2.29. The van der Waals surface area contributed by atoms with E-state index in [4.69, 9.17) is 0 Å². The van der Waals surface area contributed by atoms with Gasteiger partial charge in [0.2, 0.25) is 0 Å². The molecule has 3 amide bonds. The molecular weight excluding hydrogens is 340 g/mol. The van der Waals surface area contributed by atoms with E-state index in [1.165, 1.54) is 0 Å². The molecule has 1 fully saturated rings. The van der Waals surface area contributed by atoms with Crippen LogP contribution in [0.5, 0.6) is 0 Å². The second kappa shape index (κ2) is 6.65. The fourth-order valence-corrected chi connectivity index (χ4v) is 3.41. The summed E-state index contributed by atoms with van der Waals surface area (Å²) in [6, 6.07) is 10.7. The van der Waals surface area contributed by atoms with Gasteiger partial charge in [0.1, 0.15) is 5.54 Å². The van der Waals surface area contributed by atoms with Crippen molar-refractivity contribution in [1.82, 2.24) is 10.2 Å². The maximum absolute atomic E-state index is 13.0. The van der Waals surface area contributed by atoms with Gasteiger partial charge in [0.05, 0.1) is 6.54 Å². The number of ketones is 1. The third kappa shape index (κ3) is 3.25. The molecule has 1 heterocycles. The number of carbonyl (C=O) groups is 3. The number of carbonyl (C=O) groups excluding carboxylic acids is 3. The molecule has 1 aliphatic rings. The Labute approximate surface area is 159 Å². The van der Waals surface area contributed by atoms with Gasteiger partial charge in [-0.25, -0.2) is 4.79 Å². The molecule has 0 aromatic heterocycles. The fraction of sp³-hybridized carbons (Fsp3) is 0.318. The summed E-state index contributed by atoms with van der Waals surface area (Å²) in [5, 5.41) is 2.74. The van der Waals surface area contributed by atoms with Crippen LogP contribution in [0.3, 0.4) is 0 Å². The first-order valence-corrected chi connectivity index (χ1v) is 8.96. The molecule has 1 saturated heterocycles. The second-order valence-corrected chi connectivity index (χ2v) is 7.49. The standard InChI is InChI=1S/C22H24N2O3/c1-13-6-8-17(9-7-13)22(5)20(26)24(21(27)23-22)12-19(25)18-11-15(3)14(2)10-16(18)4/h6-11H,12H2,1-5H3,(H,23,27)/t22-/m0/s1. The highest BCUT2D eigenvalue weighted by Gasteiger charge is 2.49. The summed E-state index contributed by atoms with van der Waals surface area (Å²) < 4.78 is 0. The third-order valence-corrected chi connectivity index (χ3v) is 5.35. The van der Waals surface area contributed by atoms with Crippen molar-refractivity contribution in [2.75, 3.05) is 6.54 Å². The summed E-state index contributed by atoms with van der Waals surface area (Å²) in [6.07, 6.45) is 0. The van der Waals surface area contributed by atoms with Crippen LogP contribution in [0.25, 0.3) is 0 Å². The molecule has 0 spiro atoms. The van der Waals surface area contributed by atoms with Crippen LogP contribution in [0.4, 0.5) is 4.79 Å². The zero-order chi connectivity index (χ0) is 19.9. The second-order valence-electron chi connectivity index (χ2n) is 7.49. The molecule has 0 bridgehead atoms. The number of benzene rings is 2. The minimum atomic E-state index is -1.16. The highest BCUT2D eigenvalue weighted by molar-refractivity contribution is 6.11. The van der Waals surface area contributed by atoms with E-state index in [1.807, 2.05) is 64.1 Å². The van der Waals surface area contributed by atoms with Gasteiger partial charge in [-0.1, -0.05) is 35.9 Å². The molecule has 0 aliphatic carbocycles. The van der Waals surface area contributed by atoms with Crippen molar-refractivity contribution < 1.29 is 14.4 Å². The van der Waals surface area contributed by atoms with E-state index in [0.29, 0.717) is 11.1 Å². The first-order valence-electron chi connectivity index (χ1n) is 8.96. The largest absolute Gasteiger partial charge is 0.325 e. The summed E-state index contributed by atoms with van der Waals surface area (Å²) in [5.41, 5.74) is 4.10. The van der Waals surface area contributed by atoms with E-state index < -0.39 is 17.5 Å². The molecule has 2 aromatic rings. The van der Waals surface area contributed by atoms with Crippen LogP contribution in [0.2, 0.25) is 0 Å². The summed E-state index contributed by atoms with van der Waals surface area (Å²) in [7, 11) is 0. The van der Waals surface area contributed by atoms with Gasteiger partial charge in [0.15, 0.2) is 5.78 Å². The maximum Gasteiger partial charge on any atom is 0.325 e. The summed E-state index contributed by atoms with van der Waals surface area (Å²) in [5.74, 6) is -0.654. The van der Waals surface area contributed by atoms with E-state index in [9.17, 15) is 14.4 Å². The summed E-state index contributed by atoms with van der Waals surface area (Å²) >= 11 is 0. The Balaban J connectivity index is 1.87. The average Bonchev–Trinajstić information content (AvgIpc) is 2.82. The Morgan fingerprint density at radius 2 is 1.56 bits per heavy atom. The van der Waals surface area contributed by atoms with Crippen LogP contribution in [0, 0.1) is 27.7 Å². The molecule has 5 nitrogen and oxygen atoms in total. The number of nitrogens with one attached hydrogen (secondary N) is 1. The number of amides is 3. The normalized spacial score (nSPS) is 19.4. The third-order valence-electron chi connectivity index (χ3n) is 5.35. The highest BCUT2D eigenvalue weighted by atomic mass is 16.2. The quantitative estimate of drug-likeness (QED) is 0.666. The monoisotopic (exact) mass is 364 g/mol. The first kappa shape index (κ1) is 18.8. The van der Waals surface area contributed by atoms with Crippen molar-refractivity contribution in [3.05, 3.63) is 69.8 Å².